The van der Waals surface area contributed by atoms with E-state index in [1.165, 1.54) is 30.2 Å². The van der Waals surface area contributed by atoms with Gasteiger partial charge in [-0.05, 0) is 37.8 Å². The van der Waals surface area contributed by atoms with Gasteiger partial charge in [0.2, 0.25) is 5.89 Å². The van der Waals surface area contributed by atoms with Gasteiger partial charge in [0.05, 0.1) is 6.54 Å². The van der Waals surface area contributed by atoms with Gasteiger partial charge in [0.15, 0.2) is 5.69 Å². The van der Waals surface area contributed by atoms with Crippen LogP contribution in [0.4, 0.5) is 0 Å². The van der Waals surface area contributed by atoms with Crippen LogP contribution in [0.1, 0.15) is 47.3 Å². The minimum absolute atomic E-state index is 0.181. The van der Waals surface area contributed by atoms with E-state index in [0.717, 1.165) is 6.54 Å². The summed E-state index contributed by atoms with van der Waals surface area (Å²) in [6, 6.07) is 9.03. The van der Waals surface area contributed by atoms with Crippen LogP contribution in [0, 0.1) is 6.92 Å². The topological polar surface area (TPSA) is 58.4 Å². The first-order valence-corrected chi connectivity index (χ1v) is 8.18. The minimum atomic E-state index is -0.181. The van der Waals surface area contributed by atoms with Gasteiger partial charge in [0, 0.05) is 19.1 Å². The van der Waals surface area contributed by atoms with E-state index in [9.17, 15) is 4.79 Å². The molecule has 0 saturated heterocycles. The fourth-order valence-corrected chi connectivity index (χ4v) is 2.67. The van der Waals surface area contributed by atoms with Crippen LogP contribution in [-0.4, -0.2) is 28.4 Å². The van der Waals surface area contributed by atoms with Crippen molar-refractivity contribution in [2.75, 3.05) is 6.54 Å². The minimum Gasteiger partial charge on any atom is -0.447 e. The number of nitrogens with one attached hydrogen (secondary N) is 1. The lowest BCUT2D eigenvalue weighted by atomic mass is 10.1. The Morgan fingerprint density at radius 2 is 2.13 bits per heavy atom. The third-order valence-corrected chi connectivity index (χ3v) is 4.16. The first kappa shape index (κ1) is 15.7. The standard InChI is InChI=1S/C18H23N3O2/c1-3-19-18(22)16-12-23-17(20-16)11-21(15-8-9-15)10-14-7-5-4-6-13(14)2/h4-7,12,15H,3,8-11H2,1-2H3,(H,19,22). The van der Waals surface area contributed by atoms with Crippen molar-refractivity contribution in [2.45, 2.75) is 45.8 Å². The molecular formula is C18H23N3O2. The van der Waals surface area contributed by atoms with Crippen molar-refractivity contribution in [1.82, 2.24) is 15.2 Å². The number of oxazole rings is 1. The number of hydrogen-bond donors (Lipinski definition) is 1. The maximum absolute atomic E-state index is 11.8. The summed E-state index contributed by atoms with van der Waals surface area (Å²) in [4.78, 5) is 18.5. The SMILES string of the molecule is CCNC(=O)c1coc(CN(Cc2ccccc2C)C2CC2)n1. The first-order valence-electron chi connectivity index (χ1n) is 8.18. The number of hydrogen-bond acceptors (Lipinski definition) is 4. The van der Waals surface area contributed by atoms with Crippen LogP contribution < -0.4 is 5.32 Å². The lowest BCUT2D eigenvalue weighted by molar-refractivity contribution is 0.0950. The molecule has 5 heteroatoms. The van der Waals surface area contributed by atoms with E-state index in [0.29, 0.717) is 30.7 Å². The van der Waals surface area contributed by atoms with Crippen molar-refractivity contribution in [3.63, 3.8) is 0 Å². The van der Waals surface area contributed by atoms with E-state index >= 15 is 0 Å². The Labute approximate surface area is 136 Å². The molecule has 1 aliphatic rings. The van der Waals surface area contributed by atoms with Crippen LogP contribution in [0.3, 0.4) is 0 Å². The number of aromatic nitrogens is 1. The van der Waals surface area contributed by atoms with Gasteiger partial charge in [-0.2, -0.15) is 0 Å². The van der Waals surface area contributed by atoms with Crippen LogP contribution >= 0.6 is 0 Å². The Kier molecular flexibility index (Phi) is 4.76. The van der Waals surface area contributed by atoms with Crippen LogP contribution in [0.5, 0.6) is 0 Å². The van der Waals surface area contributed by atoms with Crippen molar-refractivity contribution >= 4 is 5.91 Å². The lowest BCUT2D eigenvalue weighted by Gasteiger charge is -2.21. The first-order chi connectivity index (χ1) is 11.2. The molecule has 3 rings (SSSR count). The second kappa shape index (κ2) is 6.96. The fourth-order valence-electron chi connectivity index (χ4n) is 2.67. The highest BCUT2D eigenvalue weighted by Crippen LogP contribution is 2.30. The summed E-state index contributed by atoms with van der Waals surface area (Å²) < 4.78 is 5.49. The van der Waals surface area contributed by atoms with E-state index < -0.39 is 0 Å². The molecule has 1 aliphatic carbocycles. The van der Waals surface area contributed by atoms with Crippen LogP contribution in [0.15, 0.2) is 34.9 Å². The number of benzene rings is 1. The average Bonchev–Trinajstić information content (AvgIpc) is 3.28. The Bertz CT molecular complexity index is 676. The van der Waals surface area contributed by atoms with Crippen LogP contribution in [-0.2, 0) is 13.1 Å². The summed E-state index contributed by atoms with van der Waals surface area (Å²) in [5.41, 5.74) is 2.98. The molecule has 0 spiro atoms. The molecule has 1 heterocycles. The molecule has 0 aliphatic heterocycles. The van der Waals surface area contributed by atoms with Gasteiger partial charge >= 0.3 is 0 Å². The van der Waals surface area contributed by atoms with Crippen molar-refractivity contribution in [3.05, 3.63) is 53.2 Å². The number of carbonyl (C=O) groups excluding carboxylic acids is 1. The fraction of sp³-hybridized carbons (Fsp3) is 0.444. The van der Waals surface area contributed by atoms with Crippen molar-refractivity contribution in [2.24, 2.45) is 0 Å². The van der Waals surface area contributed by atoms with E-state index in [1.807, 2.05) is 6.92 Å². The number of carbonyl (C=O) groups is 1. The van der Waals surface area contributed by atoms with Crippen LogP contribution in [0.2, 0.25) is 0 Å². The summed E-state index contributed by atoms with van der Waals surface area (Å²) in [6.45, 7) is 6.13. The molecule has 5 nitrogen and oxygen atoms in total. The van der Waals surface area contributed by atoms with E-state index in [4.69, 9.17) is 4.42 Å². The number of amides is 1. The monoisotopic (exact) mass is 313 g/mol. The zero-order valence-corrected chi connectivity index (χ0v) is 13.7. The molecule has 122 valence electrons. The largest absolute Gasteiger partial charge is 0.447 e. The van der Waals surface area contributed by atoms with Crippen molar-refractivity contribution in [3.8, 4) is 0 Å². The zero-order valence-electron chi connectivity index (χ0n) is 13.7. The summed E-state index contributed by atoms with van der Waals surface area (Å²) in [6.07, 6.45) is 3.88. The molecule has 0 unspecified atom stereocenters. The Hall–Kier alpha value is -2.14. The van der Waals surface area contributed by atoms with Crippen molar-refractivity contribution < 1.29 is 9.21 Å². The summed E-state index contributed by atoms with van der Waals surface area (Å²) >= 11 is 0. The Balaban J connectivity index is 1.68. The third-order valence-electron chi connectivity index (χ3n) is 4.16. The zero-order chi connectivity index (χ0) is 16.2. The van der Waals surface area contributed by atoms with Gasteiger partial charge in [-0.1, -0.05) is 24.3 Å². The summed E-state index contributed by atoms with van der Waals surface area (Å²) in [5, 5.41) is 2.74. The predicted molar refractivity (Wildman–Crippen MR) is 88.0 cm³/mol. The average molecular weight is 313 g/mol. The number of rotatable bonds is 7. The number of aryl methyl sites for hydroxylation is 1. The smallest absolute Gasteiger partial charge is 0.273 e. The normalized spacial score (nSPS) is 14.2. The Morgan fingerprint density at radius 1 is 1.35 bits per heavy atom. The molecule has 1 aromatic carbocycles. The molecule has 1 fully saturated rings. The van der Waals surface area contributed by atoms with Gasteiger partial charge in [0.1, 0.15) is 6.26 Å². The maximum Gasteiger partial charge on any atom is 0.273 e. The van der Waals surface area contributed by atoms with Crippen molar-refractivity contribution in [1.29, 1.82) is 0 Å². The molecule has 1 aromatic heterocycles. The predicted octanol–water partition coefficient (Wildman–Crippen LogP) is 2.90. The van der Waals surface area contributed by atoms with Gasteiger partial charge < -0.3 is 9.73 Å². The molecule has 0 radical (unpaired) electrons. The van der Waals surface area contributed by atoms with Gasteiger partial charge in [-0.25, -0.2) is 4.98 Å². The van der Waals surface area contributed by atoms with E-state index in [1.54, 1.807) is 0 Å². The second-order valence-corrected chi connectivity index (χ2v) is 6.05. The summed E-state index contributed by atoms with van der Waals surface area (Å²) in [7, 11) is 0. The molecule has 0 bridgehead atoms. The molecule has 23 heavy (non-hydrogen) atoms. The molecule has 1 amide bonds. The van der Waals surface area contributed by atoms with Gasteiger partial charge in [0.25, 0.3) is 5.91 Å². The molecule has 1 N–H and O–H groups in total. The molecular weight excluding hydrogens is 290 g/mol. The lowest BCUT2D eigenvalue weighted by Crippen LogP contribution is -2.26. The van der Waals surface area contributed by atoms with Gasteiger partial charge in [-0.3, -0.25) is 9.69 Å². The highest BCUT2D eigenvalue weighted by atomic mass is 16.3. The third kappa shape index (κ3) is 3.99. The second-order valence-electron chi connectivity index (χ2n) is 6.05. The Morgan fingerprint density at radius 3 is 2.83 bits per heavy atom. The highest BCUT2D eigenvalue weighted by molar-refractivity contribution is 5.91. The van der Waals surface area contributed by atoms with Gasteiger partial charge in [-0.15, -0.1) is 0 Å². The maximum atomic E-state index is 11.8. The molecule has 0 atom stereocenters. The van der Waals surface area contributed by atoms with Crippen LogP contribution in [0.25, 0.3) is 0 Å². The number of nitrogens with zero attached hydrogens (tertiary/aromatic N) is 2. The summed E-state index contributed by atoms with van der Waals surface area (Å²) in [5.74, 6) is 0.422. The van der Waals surface area contributed by atoms with E-state index in [2.05, 4.69) is 46.4 Å². The molecule has 1 saturated carbocycles. The quantitative estimate of drug-likeness (QED) is 0.854. The molecule has 2 aromatic rings. The van der Waals surface area contributed by atoms with E-state index in [-0.39, 0.29) is 5.91 Å². The highest BCUT2D eigenvalue weighted by Gasteiger charge is 2.30.